The molecule has 0 spiro atoms. The third-order valence-corrected chi connectivity index (χ3v) is 3.61. The van der Waals surface area contributed by atoms with Gasteiger partial charge in [0.2, 0.25) is 5.91 Å². The maximum atomic E-state index is 12.3. The normalized spacial score (nSPS) is 22.7. The minimum absolute atomic E-state index is 0.00306. The minimum atomic E-state index is -0.128. The lowest BCUT2D eigenvalue weighted by molar-refractivity contribution is -0.121. The van der Waals surface area contributed by atoms with Crippen LogP contribution in [0.2, 0.25) is 0 Å². The summed E-state index contributed by atoms with van der Waals surface area (Å²) >= 11 is 0. The lowest BCUT2D eigenvalue weighted by atomic mass is 9.77. The van der Waals surface area contributed by atoms with Crippen LogP contribution in [0.1, 0.15) is 33.6 Å². The first-order chi connectivity index (χ1) is 8.53. The van der Waals surface area contributed by atoms with Crippen LogP contribution in [-0.2, 0) is 11.3 Å². The predicted molar refractivity (Wildman–Crippen MR) is 71.3 cm³/mol. The van der Waals surface area contributed by atoms with E-state index in [2.05, 4.69) is 29.6 Å². The van der Waals surface area contributed by atoms with E-state index in [0.29, 0.717) is 0 Å². The van der Waals surface area contributed by atoms with Gasteiger partial charge in [0.25, 0.3) is 0 Å². The molecule has 2 N–H and O–H groups in total. The molecule has 0 bridgehead atoms. The van der Waals surface area contributed by atoms with Crippen molar-refractivity contribution < 1.29 is 4.79 Å². The Morgan fingerprint density at radius 2 is 2.44 bits per heavy atom. The zero-order valence-electron chi connectivity index (χ0n) is 11.4. The molecular formula is C13H22N4O. The maximum Gasteiger partial charge on any atom is 0.242 e. The molecule has 0 radical (unpaired) electrons. The van der Waals surface area contributed by atoms with Crippen molar-refractivity contribution >= 4 is 11.6 Å². The average molecular weight is 250 g/mol. The number of hydrogen-bond acceptors (Lipinski definition) is 3. The van der Waals surface area contributed by atoms with E-state index in [1.807, 2.05) is 13.1 Å². The fourth-order valence-electron chi connectivity index (χ4n) is 2.47. The van der Waals surface area contributed by atoms with Crippen LogP contribution in [0.15, 0.2) is 12.4 Å². The summed E-state index contributed by atoms with van der Waals surface area (Å²) < 4.78 is 1.80. The predicted octanol–water partition coefficient (Wildman–Crippen LogP) is 1.62. The van der Waals surface area contributed by atoms with Crippen LogP contribution in [0.25, 0.3) is 0 Å². The first kappa shape index (κ1) is 13.1. The molecule has 1 aliphatic heterocycles. The van der Waals surface area contributed by atoms with Crippen molar-refractivity contribution in [3.8, 4) is 0 Å². The van der Waals surface area contributed by atoms with Gasteiger partial charge < -0.3 is 10.6 Å². The summed E-state index contributed by atoms with van der Waals surface area (Å²) in [6, 6.07) is -0.128. The molecule has 2 heterocycles. The smallest absolute Gasteiger partial charge is 0.242 e. The number of rotatable bonds is 3. The molecule has 18 heavy (non-hydrogen) atoms. The van der Waals surface area contributed by atoms with Crippen molar-refractivity contribution in [2.75, 3.05) is 11.9 Å². The molecule has 0 saturated carbocycles. The van der Waals surface area contributed by atoms with Gasteiger partial charge in [0, 0.05) is 12.7 Å². The molecule has 0 aliphatic carbocycles. The Hall–Kier alpha value is -1.36. The molecule has 1 saturated heterocycles. The van der Waals surface area contributed by atoms with Crippen molar-refractivity contribution in [1.29, 1.82) is 0 Å². The summed E-state index contributed by atoms with van der Waals surface area (Å²) in [7, 11) is 0. The Morgan fingerprint density at radius 3 is 3.06 bits per heavy atom. The molecule has 2 rings (SSSR count). The number of anilines is 1. The zero-order chi connectivity index (χ0) is 13.2. The highest BCUT2D eigenvalue weighted by Gasteiger charge is 2.37. The van der Waals surface area contributed by atoms with E-state index in [1.165, 1.54) is 0 Å². The van der Waals surface area contributed by atoms with Gasteiger partial charge in [-0.3, -0.25) is 9.48 Å². The number of nitrogens with one attached hydrogen (secondary N) is 2. The molecule has 5 nitrogen and oxygen atoms in total. The third kappa shape index (κ3) is 2.72. The van der Waals surface area contributed by atoms with E-state index >= 15 is 0 Å². The molecule has 5 heteroatoms. The maximum absolute atomic E-state index is 12.3. The third-order valence-electron chi connectivity index (χ3n) is 3.61. The highest BCUT2D eigenvalue weighted by Crippen LogP contribution is 2.30. The largest absolute Gasteiger partial charge is 0.322 e. The van der Waals surface area contributed by atoms with E-state index < -0.39 is 0 Å². The van der Waals surface area contributed by atoms with Crippen LogP contribution in [0.5, 0.6) is 0 Å². The van der Waals surface area contributed by atoms with E-state index in [1.54, 1.807) is 10.9 Å². The Balaban J connectivity index is 2.02. The summed E-state index contributed by atoms with van der Waals surface area (Å²) in [5, 5.41) is 10.4. The summed E-state index contributed by atoms with van der Waals surface area (Å²) in [5.74, 6) is 0.0374. The molecule has 1 aromatic heterocycles. The van der Waals surface area contributed by atoms with Gasteiger partial charge in [-0.1, -0.05) is 13.8 Å². The van der Waals surface area contributed by atoms with Gasteiger partial charge in [0.1, 0.15) is 0 Å². The lowest BCUT2D eigenvalue weighted by Gasteiger charge is -2.38. The number of nitrogens with zero attached hydrogens (tertiary/aromatic N) is 2. The fourth-order valence-corrected chi connectivity index (χ4v) is 2.47. The van der Waals surface area contributed by atoms with E-state index in [4.69, 9.17) is 0 Å². The monoisotopic (exact) mass is 250 g/mol. The first-order valence-electron chi connectivity index (χ1n) is 6.59. The van der Waals surface area contributed by atoms with Crippen molar-refractivity contribution in [1.82, 2.24) is 15.1 Å². The van der Waals surface area contributed by atoms with Crippen LogP contribution in [0, 0.1) is 5.41 Å². The second-order valence-corrected chi connectivity index (χ2v) is 5.55. The van der Waals surface area contributed by atoms with Gasteiger partial charge in [0.15, 0.2) is 0 Å². The number of amides is 1. The SMILES string of the molecule is CCn1cc(NC(=O)C2NCCCC2(C)C)cn1. The van der Waals surface area contributed by atoms with Crippen LogP contribution in [-0.4, -0.2) is 28.3 Å². The lowest BCUT2D eigenvalue weighted by Crippen LogP contribution is -2.53. The number of piperidine rings is 1. The van der Waals surface area contributed by atoms with Crippen molar-refractivity contribution in [3.63, 3.8) is 0 Å². The Labute approximate surface area is 108 Å². The van der Waals surface area contributed by atoms with Gasteiger partial charge >= 0.3 is 0 Å². The molecule has 0 aromatic carbocycles. The van der Waals surface area contributed by atoms with Crippen LogP contribution < -0.4 is 10.6 Å². The van der Waals surface area contributed by atoms with Gasteiger partial charge in [-0.15, -0.1) is 0 Å². The number of carbonyl (C=O) groups is 1. The molecule has 100 valence electrons. The van der Waals surface area contributed by atoms with Gasteiger partial charge in [0.05, 0.1) is 17.9 Å². The Bertz CT molecular complexity index is 424. The quantitative estimate of drug-likeness (QED) is 0.857. The molecule has 1 atom stereocenters. The average Bonchev–Trinajstić information content (AvgIpc) is 2.76. The second kappa shape index (κ2) is 5.10. The van der Waals surface area contributed by atoms with Gasteiger partial charge in [-0.2, -0.15) is 5.10 Å². The van der Waals surface area contributed by atoms with Crippen molar-refractivity contribution in [2.24, 2.45) is 5.41 Å². The summed E-state index contributed by atoms with van der Waals surface area (Å²) in [6.07, 6.45) is 5.75. The van der Waals surface area contributed by atoms with Gasteiger partial charge in [-0.05, 0) is 31.7 Å². The molecule has 1 amide bonds. The number of aryl methyl sites for hydroxylation is 1. The molecule has 1 aromatic rings. The summed E-state index contributed by atoms with van der Waals surface area (Å²) in [4.78, 5) is 12.3. The number of aromatic nitrogens is 2. The molecular weight excluding hydrogens is 228 g/mol. The summed E-state index contributed by atoms with van der Waals surface area (Å²) in [6.45, 7) is 8.01. The molecule has 1 unspecified atom stereocenters. The van der Waals surface area contributed by atoms with Crippen molar-refractivity contribution in [2.45, 2.75) is 46.2 Å². The van der Waals surface area contributed by atoms with Gasteiger partial charge in [-0.25, -0.2) is 0 Å². The standard InChI is InChI=1S/C13H22N4O/c1-4-17-9-10(8-15-17)16-12(18)11-13(2,3)6-5-7-14-11/h8-9,11,14H,4-7H2,1-3H3,(H,16,18). The zero-order valence-corrected chi connectivity index (χ0v) is 11.4. The number of hydrogen-bond donors (Lipinski definition) is 2. The first-order valence-corrected chi connectivity index (χ1v) is 6.59. The van der Waals surface area contributed by atoms with E-state index in [9.17, 15) is 4.79 Å². The van der Waals surface area contributed by atoms with Crippen LogP contribution >= 0.6 is 0 Å². The highest BCUT2D eigenvalue weighted by molar-refractivity contribution is 5.95. The van der Waals surface area contributed by atoms with E-state index in [0.717, 1.165) is 31.6 Å². The number of carbonyl (C=O) groups excluding carboxylic acids is 1. The highest BCUT2D eigenvalue weighted by atomic mass is 16.2. The molecule has 1 fully saturated rings. The van der Waals surface area contributed by atoms with Crippen LogP contribution in [0.4, 0.5) is 5.69 Å². The topological polar surface area (TPSA) is 59.0 Å². The molecule has 1 aliphatic rings. The second-order valence-electron chi connectivity index (χ2n) is 5.55. The minimum Gasteiger partial charge on any atom is -0.322 e. The fraction of sp³-hybridized carbons (Fsp3) is 0.692. The van der Waals surface area contributed by atoms with Crippen LogP contribution in [0.3, 0.4) is 0 Å². The van der Waals surface area contributed by atoms with Crippen molar-refractivity contribution in [3.05, 3.63) is 12.4 Å². The van der Waals surface area contributed by atoms with E-state index in [-0.39, 0.29) is 17.4 Å². The Morgan fingerprint density at radius 1 is 1.67 bits per heavy atom. The Kier molecular flexibility index (Phi) is 3.71. The summed E-state index contributed by atoms with van der Waals surface area (Å²) in [5.41, 5.74) is 0.772.